The lowest BCUT2D eigenvalue weighted by Gasteiger charge is -2.26. The van der Waals surface area contributed by atoms with Gasteiger partial charge in [0.2, 0.25) is 5.91 Å². The SMILES string of the molecule is CCC(=O)N(CN1C(=O)c2ccccc2C1=O)c1ccc(Br)cc1. The van der Waals surface area contributed by atoms with Crippen molar-refractivity contribution in [3.63, 3.8) is 0 Å². The van der Waals surface area contributed by atoms with Crippen LogP contribution >= 0.6 is 15.9 Å². The first-order valence-electron chi connectivity index (χ1n) is 7.54. The van der Waals surface area contributed by atoms with Crippen LogP contribution in [0.1, 0.15) is 34.1 Å². The smallest absolute Gasteiger partial charge is 0.263 e. The summed E-state index contributed by atoms with van der Waals surface area (Å²) in [6.45, 7) is 1.65. The molecule has 5 nitrogen and oxygen atoms in total. The fourth-order valence-corrected chi connectivity index (χ4v) is 2.89. The Morgan fingerprint density at radius 1 is 1.00 bits per heavy atom. The van der Waals surface area contributed by atoms with Crippen molar-refractivity contribution in [1.29, 1.82) is 0 Å². The maximum Gasteiger partial charge on any atom is 0.263 e. The van der Waals surface area contributed by atoms with E-state index in [0.717, 1.165) is 9.37 Å². The number of carbonyl (C=O) groups excluding carboxylic acids is 3. The monoisotopic (exact) mass is 386 g/mol. The van der Waals surface area contributed by atoms with E-state index in [0.29, 0.717) is 16.8 Å². The van der Waals surface area contributed by atoms with Gasteiger partial charge in [0.25, 0.3) is 11.8 Å². The quantitative estimate of drug-likeness (QED) is 0.756. The number of benzene rings is 2. The summed E-state index contributed by atoms with van der Waals surface area (Å²) in [6, 6.07) is 13.9. The molecule has 0 bridgehead atoms. The predicted octanol–water partition coefficient (Wildman–Crippen LogP) is 3.45. The van der Waals surface area contributed by atoms with Crippen LogP contribution < -0.4 is 4.90 Å². The zero-order valence-corrected chi connectivity index (χ0v) is 14.6. The van der Waals surface area contributed by atoms with Gasteiger partial charge in [0.05, 0.1) is 11.1 Å². The number of hydrogen-bond donors (Lipinski definition) is 0. The topological polar surface area (TPSA) is 57.7 Å². The Balaban J connectivity index is 1.92. The fraction of sp³-hybridized carbons (Fsp3) is 0.167. The predicted molar refractivity (Wildman–Crippen MR) is 93.7 cm³/mol. The lowest BCUT2D eigenvalue weighted by Crippen LogP contribution is -2.44. The highest BCUT2D eigenvalue weighted by Gasteiger charge is 2.36. The molecule has 0 unspecified atom stereocenters. The molecule has 0 atom stereocenters. The van der Waals surface area contributed by atoms with Gasteiger partial charge in [-0.1, -0.05) is 35.0 Å². The molecule has 1 heterocycles. The van der Waals surface area contributed by atoms with Gasteiger partial charge < -0.3 is 0 Å². The van der Waals surface area contributed by atoms with E-state index in [1.807, 2.05) is 12.1 Å². The molecule has 0 spiro atoms. The summed E-state index contributed by atoms with van der Waals surface area (Å²) in [5, 5.41) is 0. The average Bonchev–Trinajstić information content (AvgIpc) is 2.85. The van der Waals surface area contributed by atoms with Crippen molar-refractivity contribution in [2.75, 3.05) is 11.6 Å². The minimum atomic E-state index is -0.374. The summed E-state index contributed by atoms with van der Waals surface area (Å²) in [7, 11) is 0. The van der Waals surface area contributed by atoms with Gasteiger partial charge in [-0.25, -0.2) is 0 Å². The van der Waals surface area contributed by atoms with Crippen LogP contribution in [-0.2, 0) is 4.79 Å². The first-order chi connectivity index (χ1) is 11.5. The Kier molecular flexibility index (Phi) is 4.49. The molecule has 122 valence electrons. The first-order valence-corrected chi connectivity index (χ1v) is 8.33. The molecule has 0 aromatic heterocycles. The van der Waals surface area contributed by atoms with E-state index in [-0.39, 0.29) is 30.8 Å². The van der Waals surface area contributed by atoms with Gasteiger partial charge in [0, 0.05) is 16.6 Å². The van der Waals surface area contributed by atoms with Crippen molar-refractivity contribution in [3.05, 3.63) is 64.1 Å². The van der Waals surface area contributed by atoms with Crippen LogP contribution in [0.5, 0.6) is 0 Å². The zero-order chi connectivity index (χ0) is 17.3. The number of rotatable bonds is 4. The van der Waals surface area contributed by atoms with E-state index in [4.69, 9.17) is 0 Å². The average molecular weight is 387 g/mol. The molecule has 2 aromatic rings. The first kappa shape index (κ1) is 16.4. The number of nitrogens with zero attached hydrogens (tertiary/aromatic N) is 2. The number of hydrogen-bond acceptors (Lipinski definition) is 3. The molecule has 3 amide bonds. The van der Waals surface area contributed by atoms with Crippen molar-refractivity contribution in [3.8, 4) is 0 Å². The molecule has 1 aliphatic heterocycles. The molecule has 0 aliphatic carbocycles. The van der Waals surface area contributed by atoms with Gasteiger partial charge in [-0.2, -0.15) is 0 Å². The van der Waals surface area contributed by atoms with Gasteiger partial charge >= 0.3 is 0 Å². The van der Waals surface area contributed by atoms with Gasteiger partial charge in [0.1, 0.15) is 6.67 Å². The van der Waals surface area contributed by atoms with Crippen LogP contribution in [0.2, 0.25) is 0 Å². The normalized spacial score (nSPS) is 13.2. The summed E-state index contributed by atoms with van der Waals surface area (Å²) in [4.78, 5) is 39.9. The Morgan fingerprint density at radius 3 is 2.04 bits per heavy atom. The van der Waals surface area contributed by atoms with Crippen molar-refractivity contribution >= 4 is 39.3 Å². The molecular weight excluding hydrogens is 372 g/mol. The van der Waals surface area contributed by atoms with Crippen molar-refractivity contribution in [2.24, 2.45) is 0 Å². The summed E-state index contributed by atoms with van der Waals surface area (Å²) in [5.74, 6) is -0.905. The fourth-order valence-electron chi connectivity index (χ4n) is 2.63. The Hall–Kier alpha value is -2.47. The van der Waals surface area contributed by atoms with Crippen LogP contribution in [0.15, 0.2) is 53.0 Å². The summed E-state index contributed by atoms with van der Waals surface area (Å²) in [5.41, 5.74) is 1.39. The molecule has 0 radical (unpaired) electrons. The van der Waals surface area contributed by atoms with Gasteiger partial charge in [-0.05, 0) is 36.4 Å². The highest BCUT2D eigenvalue weighted by atomic mass is 79.9. The largest absolute Gasteiger partial charge is 0.294 e. The highest BCUT2D eigenvalue weighted by molar-refractivity contribution is 9.10. The third kappa shape index (κ3) is 2.85. The number of fused-ring (bicyclic) bond motifs is 1. The third-order valence-corrected chi connectivity index (χ3v) is 4.43. The second-order valence-corrected chi connectivity index (χ2v) is 6.29. The molecular formula is C18H15BrN2O3. The number of imide groups is 1. The molecule has 0 saturated heterocycles. The molecule has 0 N–H and O–H groups in total. The summed E-state index contributed by atoms with van der Waals surface area (Å²) in [6.07, 6.45) is 0.277. The van der Waals surface area contributed by atoms with Crippen LogP contribution in [0, 0.1) is 0 Å². The molecule has 0 saturated carbocycles. The van der Waals surface area contributed by atoms with Crippen molar-refractivity contribution < 1.29 is 14.4 Å². The Bertz CT molecular complexity index is 782. The van der Waals surface area contributed by atoms with Gasteiger partial charge in [0.15, 0.2) is 0 Å². The van der Waals surface area contributed by atoms with Crippen molar-refractivity contribution in [1.82, 2.24) is 4.90 Å². The van der Waals surface area contributed by atoms with E-state index >= 15 is 0 Å². The third-order valence-electron chi connectivity index (χ3n) is 3.90. The van der Waals surface area contributed by atoms with E-state index in [2.05, 4.69) is 15.9 Å². The Morgan fingerprint density at radius 2 is 1.54 bits per heavy atom. The molecule has 0 fully saturated rings. The standard InChI is InChI=1S/C18H15BrN2O3/c1-2-16(22)20(13-9-7-12(19)8-10-13)11-21-17(23)14-5-3-4-6-15(14)18(21)24/h3-10H,2,11H2,1H3. The van der Waals surface area contributed by atoms with E-state index in [9.17, 15) is 14.4 Å². The molecule has 2 aromatic carbocycles. The molecule has 3 rings (SSSR count). The second kappa shape index (κ2) is 6.57. The second-order valence-electron chi connectivity index (χ2n) is 5.38. The van der Waals surface area contributed by atoms with Gasteiger partial charge in [-0.3, -0.25) is 24.2 Å². The Labute approximate surface area is 148 Å². The zero-order valence-electron chi connectivity index (χ0n) is 13.0. The number of amides is 3. The van der Waals surface area contributed by atoms with Gasteiger partial charge in [-0.15, -0.1) is 0 Å². The molecule has 6 heteroatoms. The van der Waals surface area contributed by atoms with E-state index < -0.39 is 0 Å². The maximum absolute atomic E-state index is 12.5. The molecule has 24 heavy (non-hydrogen) atoms. The van der Waals surface area contributed by atoms with Crippen LogP contribution in [-0.4, -0.2) is 29.3 Å². The van der Waals surface area contributed by atoms with E-state index in [1.54, 1.807) is 43.3 Å². The maximum atomic E-state index is 12.5. The minimum Gasteiger partial charge on any atom is -0.294 e. The molecule has 1 aliphatic rings. The number of carbonyl (C=O) groups is 3. The summed E-state index contributed by atoms with van der Waals surface area (Å²) < 4.78 is 0.885. The number of anilines is 1. The lowest BCUT2D eigenvalue weighted by molar-refractivity contribution is -0.118. The lowest BCUT2D eigenvalue weighted by atomic mass is 10.1. The van der Waals surface area contributed by atoms with Crippen LogP contribution in [0.3, 0.4) is 0 Å². The number of halogens is 1. The minimum absolute atomic E-state index is 0.0966. The van der Waals surface area contributed by atoms with E-state index in [1.165, 1.54) is 4.90 Å². The highest BCUT2D eigenvalue weighted by Crippen LogP contribution is 2.25. The summed E-state index contributed by atoms with van der Waals surface area (Å²) >= 11 is 3.35. The van der Waals surface area contributed by atoms with Crippen LogP contribution in [0.25, 0.3) is 0 Å². The van der Waals surface area contributed by atoms with Crippen LogP contribution in [0.4, 0.5) is 5.69 Å². The van der Waals surface area contributed by atoms with Crippen molar-refractivity contribution in [2.45, 2.75) is 13.3 Å².